The summed E-state index contributed by atoms with van der Waals surface area (Å²) in [4.78, 5) is 10.3. The van der Waals surface area contributed by atoms with E-state index in [9.17, 15) is 0 Å². The van der Waals surface area contributed by atoms with Crippen molar-refractivity contribution in [1.29, 1.82) is 0 Å². The molecule has 20 heavy (non-hydrogen) atoms. The van der Waals surface area contributed by atoms with Crippen molar-refractivity contribution in [1.82, 2.24) is 14.5 Å². The largest absolute Gasteiger partial charge is 0.348 e. The zero-order valence-corrected chi connectivity index (χ0v) is 13.8. The van der Waals surface area contributed by atoms with Crippen molar-refractivity contribution in [3.63, 3.8) is 0 Å². The van der Waals surface area contributed by atoms with Crippen molar-refractivity contribution in [3.8, 4) is 0 Å². The monoisotopic (exact) mass is 276 g/mol. The molecule has 0 N–H and O–H groups in total. The van der Waals surface area contributed by atoms with Crippen LogP contribution in [0.25, 0.3) is 0 Å². The Morgan fingerprint density at radius 1 is 1.05 bits per heavy atom. The van der Waals surface area contributed by atoms with Gasteiger partial charge in [-0.1, -0.05) is 33.8 Å². The van der Waals surface area contributed by atoms with E-state index in [1.54, 1.807) is 6.20 Å². The molecule has 4 nitrogen and oxygen atoms in total. The highest BCUT2D eigenvalue weighted by Gasteiger charge is 1.97. The molecule has 2 heterocycles. The van der Waals surface area contributed by atoms with E-state index in [0.717, 1.165) is 11.6 Å². The van der Waals surface area contributed by atoms with E-state index in [4.69, 9.17) is 0 Å². The van der Waals surface area contributed by atoms with Crippen LogP contribution in [0.1, 0.15) is 39.3 Å². The van der Waals surface area contributed by atoms with E-state index in [-0.39, 0.29) is 0 Å². The quantitative estimate of drug-likeness (QED) is 0.838. The molecule has 2 aromatic rings. The number of pyridine rings is 1. The summed E-state index contributed by atoms with van der Waals surface area (Å²) in [5.74, 6) is 1.53. The van der Waals surface area contributed by atoms with Crippen molar-refractivity contribution >= 4 is 5.95 Å². The molecule has 0 fully saturated rings. The summed E-state index contributed by atoms with van der Waals surface area (Å²) in [6.07, 6.45) is 5.54. The van der Waals surface area contributed by atoms with Crippen LogP contribution in [0.4, 0.5) is 5.95 Å². The summed E-state index contributed by atoms with van der Waals surface area (Å²) in [7, 11) is 5.92. The van der Waals surface area contributed by atoms with Crippen LogP contribution >= 0.6 is 0 Å². The zero-order valence-electron chi connectivity index (χ0n) is 13.8. The van der Waals surface area contributed by atoms with Crippen LogP contribution in [-0.4, -0.2) is 28.6 Å². The third-order valence-corrected chi connectivity index (χ3v) is 2.48. The summed E-state index contributed by atoms with van der Waals surface area (Å²) >= 11 is 0. The van der Waals surface area contributed by atoms with Crippen molar-refractivity contribution in [2.75, 3.05) is 19.0 Å². The number of hydrogen-bond acceptors (Lipinski definition) is 3. The molecule has 0 aliphatic carbocycles. The first kappa shape index (κ1) is 18.2. The lowest BCUT2D eigenvalue weighted by molar-refractivity contribution is 0.823. The van der Waals surface area contributed by atoms with Crippen LogP contribution in [0.3, 0.4) is 0 Å². The number of imidazole rings is 1. The first-order valence-corrected chi connectivity index (χ1v) is 7.08. The molecule has 2 aromatic heterocycles. The van der Waals surface area contributed by atoms with Crippen LogP contribution in [0.5, 0.6) is 0 Å². The standard InChI is InChI=1S/C8H11N.C6H11N3.C2H6/c1-7(2)8-5-3-4-6-9-8;1-8(2)6-7-4-5-9(6)3;1-2/h3-7H,1-2H3;4-5H,1-3H3;1-2H3. The fraction of sp³-hybridized carbons (Fsp3) is 0.500. The first-order valence-electron chi connectivity index (χ1n) is 7.08. The molecule has 2 rings (SSSR count). The van der Waals surface area contributed by atoms with Gasteiger partial charge in [-0.25, -0.2) is 4.98 Å². The van der Waals surface area contributed by atoms with Gasteiger partial charge < -0.3 is 9.47 Å². The number of aromatic nitrogens is 3. The normalized spacial score (nSPS) is 9.20. The van der Waals surface area contributed by atoms with Gasteiger partial charge in [-0.05, 0) is 18.1 Å². The van der Waals surface area contributed by atoms with Gasteiger partial charge >= 0.3 is 0 Å². The number of rotatable bonds is 2. The summed E-state index contributed by atoms with van der Waals surface area (Å²) in [5.41, 5.74) is 1.16. The van der Waals surface area contributed by atoms with E-state index in [0.29, 0.717) is 5.92 Å². The molecule has 112 valence electrons. The topological polar surface area (TPSA) is 34.0 Å². The molecule has 0 unspecified atom stereocenters. The van der Waals surface area contributed by atoms with Gasteiger partial charge in [0.2, 0.25) is 5.95 Å². The summed E-state index contributed by atoms with van der Waals surface area (Å²) < 4.78 is 1.97. The minimum atomic E-state index is 0.547. The molecular formula is C16H28N4. The molecule has 0 aliphatic heterocycles. The van der Waals surface area contributed by atoms with E-state index in [1.807, 2.05) is 75.1 Å². The molecule has 0 radical (unpaired) electrons. The van der Waals surface area contributed by atoms with E-state index < -0.39 is 0 Å². The van der Waals surface area contributed by atoms with E-state index in [2.05, 4.69) is 23.8 Å². The molecule has 0 bridgehead atoms. The minimum Gasteiger partial charge on any atom is -0.348 e. The highest BCUT2D eigenvalue weighted by molar-refractivity contribution is 5.27. The molecule has 0 aliphatic rings. The maximum absolute atomic E-state index is 4.18. The van der Waals surface area contributed by atoms with Gasteiger partial charge in [0.1, 0.15) is 0 Å². The maximum Gasteiger partial charge on any atom is 0.204 e. The van der Waals surface area contributed by atoms with Gasteiger partial charge in [-0.15, -0.1) is 0 Å². The van der Waals surface area contributed by atoms with Gasteiger partial charge in [-0.2, -0.15) is 0 Å². The molecule has 4 heteroatoms. The predicted octanol–water partition coefficient (Wildman–Crippen LogP) is 3.72. The molecule has 0 amide bonds. The molecule has 0 aromatic carbocycles. The number of aryl methyl sites for hydroxylation is 1. The van der Waals surface area contributed by atoms with Gasteiger partial charge in [0, 0.05) is 45.4 Å². The van der Waals surface area contributed by atoms with Crippen LogP contribution in [0.2, 0.25) is 0 Å². The van der Waals surface area contributed by atoms with Crippen molar-refractivity contribution in [2.24, 2.45) is 7.05 Å². The Labute approximate surface area is 123 Å². The van der Waals surface area contributed by atoms with Gasteiger partial charge in [0.05, 0.1) is 0 Å². The van der Waals surface area contributed by atoms with Crippen LogP contribution in [-0.2, 0) is 7.05 Å². The maximum atomic E-state index is 4.18. The molecule has 0 spiro atoms. The highest BCUT2D eigenvalue weighted by Crippen LogP contribution is 2.08. The Bertz CT molecular complexity index is 447. The molecule has 0 atom stereocenters. The lowest BCUT2D eigenvalue weighted by Gasteiger charge is -2.09. The second-order valence-electron chi connectivity index (χ2n) is 4.64. The average Bonchev–Trinajstić information content (AvgIpc) is 2.89. The van der Waals surface area contributed by atoms with Gasteiger partial charge in [0.25, 0.3) is 0 Å². The Morgan fingerprint density at radius 2 is 1.70 bits per heavy atom. The van der Waals surface area contributed by atoms with Crippen LogP contribution in [0, 0.1) is 0 Å². The van der Waals surface area contributed by atoms with Crippen molar-refractivity contribution < 1.29 is 0 Å². The highest BCUT2D eigenvalue weighted by atomic mass is 15.3. The van der Waals surface area contributed by atoms with E-state index >= 15 is 0 Å². The zero-order chi connectivity index (χ0) is 15.5. The molecule has 0 saturated heterocycles. The second kappa shape index (κ2) is 10.0. The second-order valence-corrected chi connectivity index (χ2v) is 4.64. The van der Waals surface area contributed by atoms with Crippen LogP contribution < -0.4 is 4.90 Å². The van der Waals surface area contributed by atoms with Crippen LogP contribution in [0.15, 0.2) is 36.8 Å². The SMILES string of the molecule is CC.CC(C)c1ccccn1.CN(C)c1nccn1C. The van der Waals surface area contributed by atoms with Gasteiger partial charge in [0.15, 0.2) is 0 Å². The first-order chi connectivity index (χ1) is 9.52. The number of anilines is 1. The predicted molar refractivity (Wildman–Crippen MR) is 87.2 cm³/mol. The Hall–Kier alpha value is -1.84. The Balaban J connectivity index is 0.000000321. The lowest BCUT2D eigenvalue weighted by atomic mass is 10.1. The smallest absolute Gasteiger partial charge is 0.204 e. The lowest BCUT2D eigenvalue weighted by Crippen LogP contribution is -2.13. The minimum absolute atomic E-state index is 0.547. The fourth-order valence-corrected chi connectivity index (χ4v) is 1.51. The van der Waals surface area contributed by atoms with Gasteiger partial charge in [-0.3, -0.25) is 4.98 Å². The Morgan fingerprint density at radius 3 is 1.95 bits per heavy atom. The van der Waals surface area contributed by atoms with E-state index in [1.165, 1.54) is 0 Å². The van der Waals surface area contributed by atoms with Crippen molar-refractivity contribution in [2.45, 2.75) is 33.6 Å². The third-order valence-electron chi connectivity index (χ3n) is 2.48. The summed E-state index contributed by atoms with van der Waals surface area (Å²) in [5, 5.41) is 0. The molecular weight excluding hydrogens is 248 g/mol. The number of hydrogen-bond donors (Lipinski definition) is 0. The average molecular weight is 276 g/mol. The summed E-state index contributed by atoms with van der Waals surface area (Å²) in [6, 6.07) is 6.00. The summed E-state index contributed by atoms with van der Waals surface area (Å²) in [6.45, 7) is 8.28. The molecule has 0 saturated carbocycles. The Kier molecular flexibility index (Phi) is 9.09. The van der Waals surface area contributed by atoms with Crippen molar-refractivity contribution in [3.05, 3.63) is 42.5 Å². The number of nitrogens with zero attached hydrogens (tertiary/aromatic N) is 4. The third kappa shape index (κ3) is 6.36. The fourth-order valence-electron chi connectivity index (χ4n) is 1.51.